The van der Waals surface area contributed by atoms with Crippen LogP contribution < -0.4 is 11.5 Å². The zero-order chi connectivity index (χ0) is 11.9. The van der Waals surface area contributed by atoms with Gasteiger partial charge in [0, 0.05) is 30.3 Å². The van der Waals surface area contributed by atoms with Gasteiger partial charge in [-0.1, -0.05) is 0 Å². The van der Waals surface area contributed by atoms with Crippen LogP contribution in [0.3, 0.4) is 0 Å². The van der Waals surface area contributed by atoms with Crippen LogP contribution in [0.15, 0.2) is 6.07 Å². The molecule has 4 N–H and O–H groups in total. The lowest BCUT2D eigenvalue weighted by molar-refractivity contribution is -0.385. The molecule has 0 bridgehead atoms. The van der Waals surface area contributed by atoms with Crippen molar-refractivity contribution in [3.63, 3.8) is 0 Å². The van der Waals surface area contributed by atoms with Crippen LogP contribution >= 0.6 is 0 Å². The number of nitrogens with zero attached hydrogens (tertiary/aromatic N) is 2. The van der Waals surface area contributed by atoms with Gasteiger partial charge in [-0.05, 0) is 13.5 Å². The zero-order valence-corrected chi connectivity index (χ0v) is 9.06. The molecule has 0 amide bonds. The number of anilines is 2. The van der Waals surface area contributed by atoms with E-state index in [2.05, 4.69) is 4.90 Å². The van der Waals surface area contributed by atoms with E-state index in [1.165, 1.54) is 6.07 Å². The SMILES string of the molecule is CN1CCc2c([N+](=O)[O-])cc(N)c(N)c2C1. The van der Waals surface area contributed by atoms with Crippen molar-refractivity contribution >= 4 is 17.1 Å². The molecule has 0 aliphatic carbocycles. The van der Waals surface area contributed by atoms with E-state index >= 15 is 0 Å². The molecule has 0 aromatic heterocycles. The molecule has 0 saturated heterocycles. The van der Waals surface area contributed by atoms with Crippen LogP contribution in [-0.4, -0.2) is 23.4 Å². The molecule has 86 valence electrons. The fourth-order valence-corrected chi connectivity index (χ4v) is 2.08. The van der Waals surface area contributed by atoms with Gasteiger partial charge in [-0.15, -0.1) is 0 Å². The molecule has 6 heteroatoms. The molecule has 0 saturated carbocycles. The molecular weight excluding hydrogens is 208 g/mol. The summed E-state index contributed by atoms with van der Waals surface area (Å²) in [4.78, 5) is 12.6. The molecule has 6 nitrogen and oxygen atoms in total. The highest BCUT2D eigenvalue weighted by atomic mass is 16.6. The average Bonchev–Trinajstić information content (AvgIpc) is 2.23. The Morgan fingerprint density at radius 3 is 2.75 bits per heavy atom. The molecule has 0 spiro atoms. The maximum absolute atomic E-state index is 10.9. The maximum atomic E-state index is 10.9. The highest BCUT2D eigenvalue weighted by Crippen LogP contribution is 2.35. The molecule has 0 unspecified atom stereocenters. The fraction of sp³-hybridized carbons (Fsp3) is 0.400. The first-order valence-electron chi connectivity index (χ1n) is 5.03. The van der Waals surface area contributed by atoms with E-state index in [9.17, 15) is 10.1 Å². The average molecular weight is 222 g/mol. The van der Waals surface area contributed by atoms with Crippen molar-refractivity contribution in [2.45, 2.75) is 13.0 Å². The predicted molar refractivity (Wildman–Crippen MR) is 62.0 cm³/mol. The first-order valence-corrected chi connectivity index (χ1v) is 5.03. The number of hydrogen-bond acceptors (Lipinski definition) is 5. The quantitative estimate of drug-likeness (QED) is 0.415. The second-order valence-electron chi connectivity index (χ2n) is 4.10. The van der Waals surface area contributed by atoms with Crippen molar-refractivity contribution in [1.82, 2.24) is 4.90 Å². The molecule has 0 fully saturated rings. The summed E-state index contributed by atoms with van der Waals surface area (Å²) in [6.45, 7) is 1.42. The van der Waals surface area contributed by atoms with Crippen LogP contribution in [0, 0.1) is 10.1 Å². The first kappa shape index (κ1) is 10.7. The minimum atomic E-state index is -0.389. The third-order valence-corrected chi connectivity index (χ3v) is 2.97. The summed E-state index contributed by atoms with van der Waals surface area (Å²) in [5.41, 5.74) is 13.9. The Morgan fingerprint density at radius 2 is 2.12 bits per heavy atom. The van der Waals surface area contributed by atoms with Crippen LogP contribution in [0.1, 0.15) is 11.1 Å². The lowest BCUT2D eigenvalue weighted by Crippen LogP contribution is -2.28. The predicted octanol–water partition coefficient (Wildman–Crippen LogP) is 0.747. The Morgan fingerprint density at radius 1 is 1.44 bits per heavy atom. The van der Waals surface area contributed by atoms with E-state index in [4.69, 9.17) is 11.5 Å². The Labute approximate surface area is 93.0 Å². The smallest absolute Gasteiger partial charge is 0.275 e. The monoisotopic (exact) mass is 222 g/mol. The Balaban J connectivity index is 2.64. The number of benzene rings is 1. The third-order valence-electron chi connectivity index (χ3n) is 2.97. The van der Waals surface area contributed by atoms with Gasteiger partial charge in [0.1, 0.15) is 0 Å². The van der Waals surface area contributed by atoms with E-state index in [1.807, 2.05) is 7.05 Å². The van der Waals surface area contributed by atoms with E-state index < -0.39 is 0 Å². The number of rotatable bonds is 1. The second-order valence-corrected chi connectivity index (χ2v) is 4.10. The molecular formula is C10H14N4O2. The van der Waals surface area contributed by atoms with Crippen molar-refractivity contribution < 1.29 is 4.92 Å². The van der Waals surface area contributed by atoms with Gasteiger partial charge < -0.3 is 16.4 Å². The van der Waals surface area contributed by atoms with Crippen LogP contribution in [0.4, 0.5) is 17.1 Å². The van der Waals surface area contributed by atoms with Crippen LogP contribution in [-0.2, 0) is 13.0 Å². The summed E-state index contributed by atoms with van der Waals surface area (Å²) in [6.07, 6.45) is 0.645. The molecule has 1 aliphatic heterocycles. The molecule has 1 aliphatic rings. The summed E-state index contributed by atoms with van der Waals surface area (Å²) in [7, 11) is 1.96. The Bertz CT molecular complexity index is 459. The van der Waals surface area contributed by atoms with E-state index in [1.54, 1.807) is 0 Å². The minimum absolute atomic E-state index is 0.0924. The lowest BCUT2D eigenvalue weighted by atomic mass is 9.95. The number of nitro groups is 1. The van der Waals surface area contributed by atoms with Crippen molar-refractivity contribution in [3.05, 3.63) is 27.3 Å². The summed E-state index contributed by atoms with van der Waals surface area (Å²) in [5, 5.41) is 10.9. The van der Waals surface area contributed by atoms with Crippen molar-refractivity contribution in [1.29, 1.82) is 0 Å². The second kappa shape index (κ2) is 3.64. The molecule has 1 heterocycles. The molecule has 1 aromatic carbocycles. The summed E-state index contributed by atoms with van der Waals surface area (Å²) >= 11 is 0. The van der Waals surface area contributed by atoms with Crippen molar-refractivity contribution in [2.24, 2.45) is 0 Å². The molecule has 16 heavy (non-hydrogen) atoms. The number of nitro benzene ring substituents is 1. The summed E-state index contributed by atoms with van der Waals surface area (Å²) < 4.78 is 0. The lowest BCUT2D eigenvalue weighted by Gasteiger charge is -2.26. The van der Waals surface area contributed by atoms with Crippen LogP contribution in [0.25, 0.3) is 0 Å². The van der Waals surface area contributed by atoms with Gasteiger partial charge in [-0.25, -0.2) is 0 Å². The standard InChI is InChI=1S/C10H14N4O2/c1-13-3-2-6-7(5-13)10(12)8(11)4-9(6)14(15)16/h4H,2-3,5,11-12H2,1H3. The fourth-order valence-electron chi connectivity index (χ4n) is 2.08. The van der Waals surface area contributed by atoms with Gasteiger partial charge in [0.15, 0.2) is 0 Å². The van der Waals surface area contributed by atoms with Gasteiger partial charge >= 0.3 is 0 Å². The normalized spacial score (nSPS) is 15.8. The number of likely N-dealkylation sites (N-methyl/N-ethyl adjacent to an activating group) is 1. The maximum Gasteiger partial charge on any atom is 0.275 e. The molecule has 0 radical (unpaired) electrons. The van der Waals surface area contributed by atoms with E-state index in [0.29, 0.717) is 24.3 Å². The zero-order valence-electron chi connectivity index (χ0n) is 9.06. The van der Waals surface area contributed by atoms with Gasteiger partial charge in [0.05, 0.1) is 16.3 Å². The molecule has 2 rings (SSSR count). The highest BCUT2D eigenvalue weighted by Gasteiger charge is 2.26. The van der Waals surface area contributed by atoms with Gasteiger partial charge in [0.2, 0.25) is 0 Å². The topological polar surface area (TPSA) is 98.4 Å². The highest BCUT2D eigenvalue weighted by molar-refractivity contribution is 5.74. The Kier molecular flexibility index (Phi) is 2.43. The minimum Gasteiger partial charge on any atom is -0.397 e. The summed E-state index contributed by atoms with van der Waals surface area (Å²) in [6, 6.07) is 1.36. The summed E-state index contributed by atoms with van der Waals surface area (Å²) in [5.74, 6) is 0. The van der Waals surface area contributed by atoms with Gasteiger partial charge in [-0.3, -0.25) is 10.1 Å². The number of nitrogens with two attached hydrogens (primary N) is 2. The molecule has 1 aromatic rings. The van der Waals surface area contributed by atoms with Gasteiger partial charge in [0.25, 0.3) is 5.69 Å². The van der Waals surface area contributed by atoms with Gasteiger partial charge in [-0.2, -0.15) is 0 Å². The van der Waals surface area contributed by atoms with Crippen LogP contribution in [0.2, 0.25) is 0 Å². The number of hydrogen-bond donors (Lipinski definition) is 2. The van der Waals surface area contributed by atoms with E-state index in [0.717, 1.165) is 17.7 Å². The Hall–Kier alpha value is -1.82. The molecule has 0 atom stereocenters. The van der Waals surface area contributed by atoms with Crippen LogP contribution in [0.5, 0.6) is 0 Å². The first-order chi connectivity index (χ1) is 7.50. The van der Waals surface area contributed by atoms with E-state index in [-0.39, 0.29) is 10.6 Å². The third kappa shape index (κ3) is 1.57. The van der Waals surface area contributed by atoms with Crippen molar-refractivity contribution in [2.75, 3.05) is 25.1 Å². The largest absolute Gasteiger partial charge is 0.397 e. The van der Waals surface area contributed by atoms with Crippen molar-refractivity contribution in [3.8, 4) is 0 Å². The number of nitrogen functional groups attached to an aromatic ring is 2. The number of fused-ring (bicyclic) bond motifs is 1.